The van der Waals surface area contributed by atoms with E-state index in [9.17, 15) is 4.39 Å². The zero-order valence-electron chi connectivity index (χ0n) is 13.7. The molecule has 1 aromatic carbocycles. The highest BCUT2D eigenvalue weighted by atomic mass is 19.1. The van der Waals surface area contributed by atoms with Crippen LogP contribution in [0.1, 0.15) is 38.8 Å². The molecule has 0 spiro atoms. The highest BCUT2D eigenvalue weighted by molar-refractivity contribution is 5.21. The summed E-state index contributed by atoms with van der Waals surface area (Å²) < 4.78 is 19.6. The highest BCUT2D eigenvalue weighted by Gasteiger charge is 2.16. The maximum atomic E-state index is 14.0. The molecule has 0 heterocycles. The lowest BCUT2D eigenvalue weighted by Crippen LogP contribution is -2.35. The highest BCUT2D eigenvalue weighted by Crippen LogP contribution is 2.17. The third-order valence-electron chi connectivity index (χ3n) is 3.34. The molecule has 0 aromatic heterocycles. The van der Waals surface area contributed by atoms with Crippen LogP contribution in [0, 0.1) is 5.82 Å². The molecule has 1 atom stereocenters. The minimum atomic E-state index is -0.141. The Bertz CT molecular complexity index is 398. The molecule has 1 aromatic rings. The average Bonchev–Trinajstić information content (AvgIpc) is 2.43. The Balaban J connectivity index is 2.59. The second-order valence-electron chi connectivity index (χ2n) is 5.71. The Labute approximate surface area is 128 Å². The summed E-state index contributed by atoms with van der Waals surface area (Å²) in [6, 6.07) is 7.02. The number of likely N-dealkylation sites (N-methyl/N-ethyl adjacent to an activating group) is 1. The maximum Gasteiger partial charge on any atom is 0.128 e. The van der Waals surface area contributed by atoms with Gasteiger partial charge in [0.2, 0.25) is 0 Å². The van der Waals surface area contributed by atoms with Crippen molar-refractivity contribution in [3.8, 4) is 0 Å². The van der Waals surface area contributed by atoms with E-state index in [4.69, 9.17) is 4.74 Å². The van der Waals surface area contributed by atoms with Gasteiger partial charge in [-0.3, -0.25) is 0 Å². The zero-order chi connectivity index (χ0) is 15.7. The van der Waals surface area contributed by atoms with Crippen LogP contribution in [0.4, 0.5) is 4.39 Å². The van der Waals surface area contributed by atoms with Gasteiger partial charge in [-0.05, 0) is 39.9 Å². The van der Waals surface area contributed by atoms with Crippen LogP contribution in [0.3, 0.4) is 0 Å². The molecule has 0 aliphatic rings. The molecule has 0 amide bonds. The van der Waals surface area contributed by atoms with Crippen molar-refractivity contribution in [2.75, 3.05) is 33.3 Å². The minimum Gasteiger partial charge on any atom is -0.377 e. The quantitative estimate of drug-likeness (QED) is 0.717. The van der Waals surface area contributed by atoms with Crippen LogP contribution >= 0.6 is 0 Å². The number of ether oxygens (including phenoxy) is 1. The van der Waals surface area contributed by atoms with E-state index in [0.29, 0.717) is 6.61 Å². The van der Waals surface area contributed by atoms with Gasteiger partial charge >= 0.3 is 0 Å². The van der Waals surface area contributed by atoms with E-state index in [1.807, 2.05) is 33.0 Å². The van der Waals surface area contributed by atoms with Gasteiger partial charge in [0.05, 0.1) is 12.7 Å². The molecule has 0 saturated carbocycles. The van der Waals surface area contributed by atoms with Crippen molar-refractivity contribution in [2.24, 2.45) is 0 Å². The fraction of sp³-hybridized carbons (Fsp3) is 0.647. The number of nitrogens with zero attached hydrogens (tertiary/aromatic N) is 1. The van der Waals surface area contributed by atoms with Crippen LogP contribution in [0.5, 0.6) is 0 Å². The molecule has 0 aliphatic heterocycles. The smallest absolute Gasteiger partial charge is 0.128 e. The summed E-state index contributed by atoms with van der Waals surface area (Å²) in [5, 5.41) is 3.43. The van der Waals surface area contributed by atoms with Gasteiger partial charge in [0, 0.05) is 24.7 Å². The summed E-state index contributed by atoms with van der Waals surface area (Å²) in [5.41, 5.74) is 0.738. The zero-order valence-corrected chi connectivity index (χ0v) is 13.7. The SMILES string of the molecule is CCCNC(CN(C)CCOC(C)C)c1ccccc1F. The molecular weight excluding hydrogens is 267 g/mol. The molecule has 21 heavy (non-hydrogen) atoms. The van der Waals surface area contributed by atoms with Gasteiger partial charge in [-0.25, -0.2) is 4.39 Å². The van der Waals surface area contributed by atoms with Crippen LogP contribution in [-0.2, 0) is 4.74 Å². The van der Waals surface area contributed by atoms with E-state index < -0.39 is 0 Å². The second kappa shape index (κ2) is 9.87. The molecule has 0 bridgehead atoms. The van der Waals surface area contributed by atoms with Crippen molar-refractivity contribution >= 4 is 0 Å². The van der Waals surface area contributed by atoms with E-state index >= 15 is 0 Å². The Morgan fingerprint density at radius 3 is 2.62 bits per heavy atom. The van der Waals surface area contributed by atoms with E-state index in [1.165, 1.54) is 6.07 Å². The molecule has 1 rings (SSSR count). The lowest BCUT2D eigenvalue weighted by atomic mass is 10.1. The fourth-order valence-electron chi connectivity index (χ4n) is 2.20. The molecular formula is C17H29FN2O. The topological polar surface area (TPSA) is 24.5 Å². The van der Waals surface area contributed by atoms with Crippen LogP contribution in [0.2, 0.25) is 0 Å². The van der Waals surface area contributed by atoms with E-state index in [-0.39, 0.29) is 18.0 Å². The molecule has 0 aliphatic carbocycles. The molecule has 120 valence electrons. The largest absolute Gasteiger partial charge is 0.377 e. The van der Waals surface area contributed by atoms with Crippen molar-refractivity contribution in [3.63, 3.8) is 0 Å². The van der Waals surface area contributed by atoms with E-state index in [0.717, 1.165) is 31.6 Å². The van der Waals surface area contributed by atoms with Crippen LogP contribution in [-0.4, -0.2) is 44.3 Å². The third-order valence-corrected chi connectivity index (χ3v) is 3.34. The first kappa shape index (κ1) is 18.1. The lowest BCUT2D eigenvalue weighted by Gasteiger charge is -2.26. The Morgan fingerprint density at radius 1 is 1.29 bits per heavy atom. The lowest BCUT2D eigenvalue weighted by molar-refractivity contribution is 0.0622. The second-order valence-corrected chi connectivity index (χ2v) is 5.71. The maximum absolute atomic E-state index is 14.0. The molecule has 0 fully saturated rings. The summed E-state index contributed by atoms with van der Waals surface area (Å²) in [4.78, 5) is 2.18. The monoisotopic (exact) mass is 296 g/mol. The van der Waals surface area contributed by atoms with E-state index in [1.54, 1.807) is 6.07 Å². The number of benzene rings is 1. The van der Waals surface area contributed by atoms with Crippen LogP contribution in [0.15, 0.2) is 24.3 Å². The minimum absolute atomic E-state index is 0.00944. The van der Waals surface area contributed by atoms with Gasteiger partial charge in [0.1, 0.15) is 5.82 Å². The summed E-state index contributed by atoms with van der Waals surface area (Å²) in [7, 11) is 2.05. The van der Waals surface area contributed by atoms with E-state index in [2.05, 4.69) is 17.1 Å². The number of hydrogen-bond acceptors (Lipinski definition) is 3. The average molecular weight is 296 g/mol. The molecule has 3 nitrogen and oxygen atoms in total. The van der Waals surface area contributed by atoms with Crippen LogP contribution in [0.25, 0.3) is 0 Å². The van der Waals surface area contributed by atoms with Gasteiger partial charge in [-0.15, -0.1) is 0 Å². The van der Waals surface area contributed by atoms with Gasteiger partial charge < -0.3 is 15.0 Å². The summed E-state index contributed by atoms with van der Waals surface area (Å²) in [6.45, 7) is 9.38. The first-order chi connectivity index (χ1) is 10.0. The number of rotatable bonds is 10. The summed E-state index contributed by atoms with van der Waals surface area (Å²) in [5.74, 6) is -0.141. The predicted molar refractivity (Wildman–Crippen MR) is 86.0 cm³/mol. The Hall–Kier alpha value is -0.970. The molecule has 0 radical (unpaired) electrons. The predicted octanol–water partition coefficient (Wildman–Crippen LogP) is 3.22. The van der Waals surface area contributed by atoms with Crippen molar-refractivity contribution in [3.05, 3.63) is 35.6 Å². The standard InChI is InChI=1S/C17H29FN2O/c1-5-10-19-17(15-8-6-7-9-16(15)18)13-20(4)11-12-21-14(2)3/h6-9,14,17,19H,5,10-13H2,1-4H3. The number of halogens is 1. The van der Waals surface area contributed by atoms with Crippen molar-refractivity contribution in [1.82, 2.24) is 10.2 Å². The first-order valence-electron chi connectivity index (χ1n) is 7.82. The van der Waals surface area contributed by atoms with Gasteiger partial charge in [0.15, 0.2) is 0 Å². The Kier molecular flexibility index (Phi) is 8.50. The summed E-state index contributed by atoms with van der Waals surface area (Å²) >= 11 is 0. The fourth-order valence-corrected chi connectivity index (χ4v) is 2.20. The number of nitrogens with one attached hydrogen (secondary N) is 1. The van der Waals surface area contributed by atoms with Crippen molar-refractivity contribution in [1.29, 1.82) is 0 Å². The van der Waals surface area contributed by atoms with Crippen molar-refractivity contribution in [2.45, 2.75) is 39.3 Å². The first-order valence-corrected chi connectivity index (χ1v) is 7.82. The normalized spacial score (nSPS) is 13.1. The van der Waals surface area contributed by atoms with Crippen LogP contribution < -0.4 is 5.32 Å². The Morgan fingerprint density at radius 2 is 2.00 bits per heavy atom. The molecule has 4 heteroatoms. The van der Waals surface area contributed by atoms with Gasteiger partial charge in [-0.2, -0.15) is 0 Å². The molecule has 0 saturated heterocycles. The third kappa shape index (κ3) is 7.02. The van der Waals surface area contributed by atoms with Gasteiger partial charge in [-0.1, -0.05) is 25.1 Å². The van der Waals surface area contributed by atoms with Crippen molar-refractivity contribution < 1.29 is 9.13 Å². The number of hydrogen-bond donors (Lipinski definition) is 1. The molecule has 1 N–H and O–H groups in total. The summed E-state index contributed by atoms with van der Waals surface area (Å²) in [6.07, 6.45) is 1.28. The molecule has 1 unspecified atom stereocenters. The van der Waals surface area contributed by atoms with Gasteiger partial charge in [0.25, 0.3) is 0 Å².